The van der Waals surface area contributed by atoms with Crippen LogP contribution in [-0.4, -0.2) is 11.9 Å². The number of unbranched alkanes of at least 4 members (excludes halogenated alkanes) is 1. The average Bonchev–Trinajstić information content (AvgIpc) is 1.85. The van der Waals surface area contributed by atoms with Crippen LogP contribution in [0.3, 0.4) is 0 Å². The molecule has 2 nitrogen and oxygen atoms in total. The smallest absolute Gasteiger partial charge is 0.0974 e. The third kappa shape index (κ3) is 5.77. The topological polar surface area (TPSA) is 29.4 Å². The van der Waals surface area contributed by atoms with E-state index in [1.807, 2.05) is 0 Å². The highest BCUT2D eigenvalue weighted by Crippen LogP contribution is 2.06. The highest BCUT2D eigenvalue weighted by Gasteiger charge is 2.01. The summed E-state index contributed by atoms with van der Waals surface area (Å²) in [6, 6.07) is 0. The van der Waals surface area contributed by atoms with Crippen molar-refractivity contribution in [1.82, 2.24) is 0 Å². The number of rotatable bonds is 5. The van der Waals surface area contributed by atoms with Gasteiger partial charge in [-0.2, -0.15) is 4.91 Å². The normalized spacial score (nSPS) is 13.1. The average molecular weight is 150 g/mol. The van der Waals surface area contributed by atoms with E-state index < -0.39 is 0 Å². The Bertz CT molecular complexity index is 77.5. The van der Waals surface area contributed by atoms with Gasteiger partial charge in [0.1, 0.15) is 0 Å². The Hall–Kier alpha value is -0.110. The fourth-order valence-electron chi connectivity index (χ4n) is 0.598. The van der Waals surface area contributed by atoms with Crippen molar-refractivity contribution in [1.29, 1.82) is 0 Å². The molecule has 1 unspecified atom stereocenters. The van der Waals surface area contributed by atoms with Gasteiger partial charge in [0.05, 0.1) is 11.9 Å². The lowest BCUT2D eigenvalue weighted by Crippen LogP contribution is -2.01. The van der Waals surface area contributed by atoms with Crippen molar-refractivity contribution < 1.29 is 0 Å². The zero-order valence-corrected chi connectivity index (χ0v) is 6.40. The molecule has 0 bridgehead atoms. The third-order valence-corrected chi connectivity index (χ3v) is 1.50. The van der Waals surface area contributed by atoms with Crippen LogP contribution in [0.5, 0.6) is 0 Å². The van der Waals surface area contributed by atoms with Gasteiger partial charge in [0.15, 0.2) is 0 Å². The second-order valence-electron chi connectivity index (χ2n) is 2.05. The number of hydrogen-bond acceptors (Lipinski definition) is 2. The molecule has 0 fully saturated rings. The van der Waals surface area contributed by atoms with Gasteiger partial charge in [0, 0.05) is 0 Å². The molecule has 0 aliphatic carbocycles. The molecule has 3 heteroatoms. The molecule has 0 amide bonds. The molecule has 0 aliphatic heterocycles. The first-order chi connectivity index (χ1) is 4.31. The second kappa shape index (κ2) is 6.02. The summed E-state index contributed by atoms with van der Waals surface area (Å²) in [6.45, 7) is 2.35. The maximum atomic E-state index is 9.64. The van der Waals surface area contributed by atoms with Crippen LogP contribution >= 0.6 is 11.6 Å². The Morgan fingerprint density at radius 1 is 1.67 bits per heavy atom. The van der Waals surface area contributed by atoms with Crippen LogP contribution in [0.1, 0.15) is 26.2 Å². The molecular formula is C6H12ClNO. The number of halogens is 1. The van der Waals surface area contributed by atoms with Crippen LogP contribution in [0, 0.1) is 4.91 Å². The molecule has 0 saturated heterocycles. The predicted octanol–water partition coefficient (Wildman–Crippen LogP) is 2.55. The minimum Gasteiger partial charge on any atom is -0.151 e. The molecule has 54 valence electrons. The van der Waals surface area contributed by atoms with Crippen molar-refractivity contribution in [2.75, 3.05) is 6.54 Å². The summed E-state index contributed by atoms with van der Waals surface area (Å²) in [5.41, 5.74) is 0. The SMILES string of the molecule is CCCCC(Cl)CN=O. The van der Waals surface area contributed by atoms with E-state index in [4.69, 9.17) is 11.6 Å². The number of nitrogens with zero attached hydrogens (tertiary/aromatic N) is 1. The van der Waals surface area contributed by atoms with Gasteiger partial charge in [-0.05, 0) is 6.42 Å². The Morgan fingerprint density at radius 2 is 2.33 bits per heavy atom. The highest BCUT2D eigenvalue weighted by atomic mass is 35.5. The molecule has 0 heterocycles. The Kier molecular flexibility index (Phi) is 5.94. The zero-order chi connectivity index (χ0) is 7.11. The van der Waals surface area contributed by atoms with Crippen LogP contribution in [0.15, 0.2) is 5.18 Å². The first-order valence-corrected chi connectivity index (χ1v) is 3.68. The molecule has 9 heavy (non-hydrogen) atoms. The van der Waals surface area contributed by atoms with Crippen molar-refractivity contribution >= 4 is 11.6 Å². The van der Waals surface area contributed by atoms with Gasteiger partial charge < -0.3 is 0 Å². The Labute approximate surface area is 60.6 Å². The fraction of sp³-hybridized carbons (Fsp3) is 1.00. The van der Waals surface area contributed by atoms with Crippen molar-refractivity contribution in [2.45, 2.75) is 31.6 Å². The summed E-state index contributed by atoms with van der Waals surface area (Å²) >= 11 is 5.67. The lowest BCUT2D eigenvalue weighted by atomic mass is 10.2. The van der Waals surface area contributed by atoms with Gasteiger partial charge in [-0.15, -0.1) is 11.6 Å². The molecule has 1 atom stereocenters. The van der Waals surface area contributed by atoms with E-state index in [-0.39, 0.29) is 11.9 Å². The summed E-state index contributed by atoms with van der Waals surface area (Å²) in [7, 11) is 0. The summed E-state index contributed by atoms with van der Waals surface area (Å²) in [5, 5.41) is 2.67. The first-order valence-electron chi connectivity index (χ1n) is 3.24. The van der Waals surface area contributed by atoms with Crippen LogP contribution in [0.4, 0.5) is 0 Å². The lowest BCUT2D eigenvalue weighted by Gasteiger charge is -2.00. The van der Waals surface area contributed by atoms with Crippen LogP contribution in [-0.2, 0) is 0 Å². The largest absolute Gasteiger partial charge is 0.151 e. The number of alkyl halides is 1. The van der Waals surface area contributed by atoms with E-state index in [2.05, 4.69) is 12.1 Å². The first kappa shape index (κ1) is 8.89. The second-order valence-corrected chi connectivity index (χ2v) is 2.67. The van der Waals surface area contributed by atoms with E-state index in [1.54, 1.807) is 0 Å². The molecule has 0 aromatic rings. The fourth-order valence-corrected chi connectivity index (χ4v) is 0.808. The van der Waals surface area contributed by atoms with E-state index in [9.17, 15) is 4.91 Å². The number of hydrogen-bond donors (Lipinski definition) is 0. The quantitative estimate of drug-likeness (QED) is 0.436. The molecule has 0 saturated carbocycles. The van der Waals surface area contributed by atoms with Crippen molar-refractivity contribution in [3.05, 3.63) is 4.91 Å². The maximum absolute atomic E-state index is 9.64. The molecule has 0 N–H and O–H groups in total. The molecular weight excluding hydrogens is 138 g/mol. The summed E-state index contributed by atoms with van der Waals surface area (Å²) in [5.74, 6) is 0. The van der Waals surface area contributed by atoms with E-state index in [0.717, 1.165) is 19.3 Å². The van der Waals surface area contributed by atoms with E-state index >= 15 is 0 Å². The molecule has 0 radical (unpaired) electrons. The monoisotopic (exact) mass is 149 g/mol. The number of nitroso groups, excluding NO2 is 1. The lowest BCUT2D eigenvalue weighted by molar-refractivity contribution is 0.680. The summed E-state index contributed by atoms with van der Waals surface area (Å²) in [6.07, 6.45) is 3.12. The third-order valence-electron chi connectivity index (χ3n) is 1.14. The summed E-state index contributed by atoms with van der Waals surface area (Å²) < 4.78 is 0. The van der Waals surface area contributed by atoms with Gasteiger partial charge in [-0.1, -0.05) is 24.9 Å². The standard InChI is InChI=1S/C6H12ClNO/c1-2-3-4-6(7)5-8-9/h6H,2-5H2,1H3. The molecule has 0 aliphatic rings. The molecule has 0 rings (SSSR count). The van der Waals surface area contributed by atoms with Gasteiger partial charge in [-0.25, -0.2) is 0 Å². The van der Waals surface area contributed by atoms with Gasteiger partial charge in [-0.3, -0.25) is 0 Å². The minimum atomic E-state index is -0.0394. The van der Waals surface area contributed by atoms with E-state index in [1.165, 1.54) is 0 Å². The Morgan fingerprint density at radius 3 is 2.78 bits per heavy atom. The van der Waals surface area contributed by atoms with E-state index in [0.29, 0.717) is 0 Å². The minimum absolute atomic E-state index is 0.0394. The van der Waals surface area contributed by atoms with Crippen molar-refractivity contribution in [3.63, 3.8) is 0 Å². The Balaban J connectivity index is 3.04. The van der Waals surface area contributed by atoms with Gasteiger partial charge >= 0.3 is 0 Å². The summed E-state index contributed by atoms with van der Waals surface area (Å²) in [4.78, 5) is 9.64. The molecule has 0 aromatic carbocycles. The van der Waals surface area contributed by atoms with Crippen LogP contribution < -0.4 is 0 Å². The molecule has 0 aromatic heterocycles. The highest BCUT2D eigenvalue weighted by molar-refractivity contribution is 6.20. The van der Waals surface area contributed by atoms with Crippen LogP contribution in [0.25, 0.3) is 0 Å². The maximum Gasteiger partial charge on any atom is 0.0974 e. The van der Waals surface area contributed by atoms with Crippen LogP contribution in [0.2, 0.25) is 0 Å². The van der Waals surface area contributed by atoms with Crippen molar-refractivity contribution in [2.24, 2.45) is 5.18 Å². The van der Waals surface area contributed by atoms with Crippen molar-refractivity contribution in [3.8, 4) is 0 Å². The van der Waals surface area contributed by atoms with Gasteiger partial charge in [0.2, 0.25) is 0 Å². The zero-order valence-electron chi connectivity index (χ0n) is 5.64. The predicted molar refractivity (Wildman–Crippen MR) is 39.8 cm³/mol. The molecule has 0 spiro atoms. The van der Waals surface area contributed by atoms with Gasteiger partial charge in [0.25, 0.3) is 0 Å².